The largest absolute Gasteiger partial charge is 0.496 e. The Hall–Kier alpha value is -0.243. The lowest BCUT2D eigenvalue weighted by molar-refractivity contribution is 0.0626. The van der Waals surface area contributed by atoms with E-state index in [1.165, 1.54) is 37.9 Å². The van der Waals surface area contributed by atoms with E-state index in [4.69, 9.17) is 4.74 Å². The Morgan fingerprint density at radius 3 is 2.54 bits per heavy atom. The summed E-state index contributed by atoms with van der Waals surface area (Å²) in [6, 6.07) is 0. The highest BCUT2D eigenvalue weighted by Crippen LogP contribution is 2.28. The van der Waals surface area contributed by atoms with Gasteiger partial charge in [0.25, 0.3) is 0 Å². The molecule has 0 amide bonds. The van der Waals surface area contributed by atoms with Crippen molar-refractivity contribution < 1.29 is 4.74 Å². The van der Waals surface area contributed by atoms with Crippen molar-refractivity contribution in [1.82, 2.24) is 0 Å². The highest BCUT2D eigenvalue weighted by molar-refractivity contribution is 6.37. The topological polar surface area (TPSA) is 9.23 Å². The van der Waals surface area contributed by atoms with Gasteiger partial charge >= 0.3 is 0 Å². The van der Waals surface area contributed by atoms with E-state index in [1.807, 2.05) is 0 Å². The molecule has 0 aliphatic heterocycles. The van der Waals surface area contributed by atoms with Gasteiger partial charge in [0.2, 0.25) is 0 Å². The molecule has 2 heteroatoms. The van der Waals surface area contributed by atoms with Crippen molar-refractivity contribution in [3.63, 3.8) is 0 Å². The molecule has 1 aliphatic carbocycles. The minimum absolute atomic E-state index is 0.0756. The summed E-state index contributed by atoms with van der Waals surface area (Å²) in [6.07, 6.45) is 8.35. The van der Waals surface area contributed by atoms with E-state index in [0.717, 1.165) is 0 Å². The van der Waals surface area contributed by atoms with Crippen molar-refractivity contribution in [2.75, 3.05) is 0 Å². The molecule has 0 unspecified atom stereocenters. The number of hydrogen-bond donors (Lipinski definition) is 0. The van der Waals surface area contributed by atoms with Crippen LogP contribution in [0.1, 0.15) is 46.0 Å². The second-order valence-corrected chi connectivity index (χ2v) is 5.90. The first-order valence-corrected chi connectivity index (χ1v) is 7.76. The maximum atomic E-state index is 6.17. The predicted octanol–water partition coefficient (Wildman–Crippen LogP) is 2.80. The number of allylic oxidation sites excluding steroid dienone is 2. The zero-order valence-electron chi connectivity index (χ0n) is 9.23. The predicted molar refractivity (Wildman–Crippen MR) is 60.7 cm³/mol. The third kappa shape index (κ3) is 2.60. The summed E-state index contributed by atoms with van der Waals surface area (Å²) in [7, 11) is -0.0756. The zero-order valence-corrected chi connectivity index (χ0v) is 10.6. The molecule has 0 N–H and O–H groups in total. The summed E-state index contributed by atoms with van der Waals surface area (Å²) in [5.41, 5.74) is 0. The van der Waals surface area contributed by atoms with E-state index in [1.54, 1.807) is 0 Å². The molecule has 0 atom stereocenters. The molecule has 0 radical (unpaired) electrons. The van der Waals surface area contributed by atoms with Crippen LogP contribution in [-0.2, 0) is 4.74 Å². The van der Waals surface area contributed by atoms with Gasteiger partial charge in [0.1, 0.15) is 0 Å². The fourth-order valence-electron chi connectivity index (χ4n) is 1.98. The molecule has 0 saturated heterocycles. The minimum atomic E-state index is -0.0756. The molecule has 0 fully saturated rings. The van der Waals surface area contributed by atoms with Gasteiger partial charge in [-0.25, -0.2) is 0 Å². The highest BCUT2D eigenvalue weighted by Gasteiger charge is 2.27. The summed E-state index contributed by atoms with van der Waals surface area (Å²) in [5.74, 6) is 1.28. The molecule has 1 nitrogen and oxygen atoms in total. The molecule has 76 valence electrons. The second kappa shape index (κ2) is 4.84. The average molecular weight is 198 g/mol. The zero-order chi connectivity index (χ0) is 9.73. The van der Waals surface area contributed by atoms with Gasteiger partial charge < -0.3 is 4.74 Å². The fourth-order valence-corrected chi connectivity index (χ4v) is 3.31. The van der Waals surface area contributed by atoms with E-state index in [0.29, 0.717) is 0 Å². The van der Waals surface area contributed by atoms with E-state index in [9.17, 15) is 0 Å². The summed E-state index contributed by atoms with van der Waals surface area (Å²) in [5, 5.41) is 0.260. The van der Waals surface area contributed by atoms with Gasteiger partial charge in [0.15, 0.2) is 0 Å². The van der Waals surface area contributed by atoms with Crippen LogP contribution >= 0.6 is 0 Å². The Morgan fingerprint density at radius 1 is 1.46 bits per heavy atom. The number of rotatable bonds is 5. The first-order valence-electron chi connectivity index (χ1n) is 5.64. The Labute approximate surface area is 84.4 Å². The molecule has 0 aromatic carbocycles. The fraction of sp³-hybridized carbons (Fsp3) is 0.818. The Balaban J connectivity index is 2.55. The quantitative estimate of drug-likeness (QED) is 0.617. The molecular weight excluding hydrogens is 176 g/mol. The molecule has 0 saturated carbocycles. The maximum absolute atomic E-state index is 6.17. The standard InChI is InChI=1S/C11H22OSi/c1-4-11(5-2,13-3)12-10-8-6-7-9-10/h8H,4-7,9,13H2,1-3H3. The summed E-state index contributed by atoms with van der Waals surface area (Å²) < 4.78 is 6.17. The van der Waals surface area contributed by atoms with E-state index in [-0.39, 0.29) is 14.7 Å². The van der Waals surface area contributed by atoms with Gasteiger partial charge in [-0.05, 0) is 31.8 Å². The first kappa shape index (κ1) is 10.8. The molecule has 1 aliphatic rings. The molecule has 0 aromatic heterocycles. The van der Waals surface area contributed by atoms with Gasteiger partial charge in [-0.3, -0.25) is 0 Å². The second-order valence-electron chi connectivity index (χ2n) is 3.91. The average Bonchev–Trinajstić information content (AvgIpc) is 2.67. The van der Waals surface area contributed by atoms with E-state index >= 15 is 0 Å². The van der Waals surface area contributed by atoms with Crippen LogP contribution in [0, 0.1) is 0 Å². The van der Waals surface area contributed by atoms with Crippen molar-refractivity contribution in [2.24, 2.45) is 0 Å². The Kier molecular flexibility index (Phi) is 4.04. The molecule has 0 aromatic rings. The van der Waals surface area contributed by atoms with Crippen LogP contribution in [0.4, 0.5) is 0 Å². The van der Waals surface area contributed by atoms with E-state index in [2.05, 4.69) is 26.5 Å². The minimum Gasteiger partial charge on any atom is -0.496 e. The van der Waals surface area contributed by atoms with Crippen molar-refractivity contribution in [2.45, 2.75) is 57.7 Å². The van der Waals surface area contributed by atoms with Crippen molar-refractivity contribution in [3.8, 4) is 0 Å². The summed E-state index contributed by atoms with van der Waals surface area (Å²) in [6.45, 7) is 6.88. The SMILES string of the molecule is CCC(CC)(OC1=CCCC1)[SiH2]C. The lowest BCUT2D eigenvalue weighted by Crippen LogP contribution is -2.36. The maximum Gasteiger partial charge on any atom is 0.0923 e. The molecule has 1 rings (SSSR count). The third-order valence-electron chi connectivity index (χ3n) is 3.28. The lowest BCUT2D eigenvalue weighted by Gasteiger charge is -2.32. The molecule has 13 heavy (non-hydrogen) atoms. The van der Waals surface area contributed by atoms with Crippen LogP contribution in [0.3, 0.4) is 0 Å². The molecule has 0 heterocycles. The van der Waals surface area contributed by atoms with Crippen LogP contribution in [0.15, 0.2) is 11.8 Å². The van der Waals surface area contributed by atoms with Gasteiger partial charge in [-0.1, -0.05) is 20.4 Å². The number of hydrogen-bond acceptors (Lipinski definition) is 1. The molecule has 0 spiro atoms. The lowest BCUT2D eigenvalue weighted by atomic mass is 10.2. The van der Waals surface area contributed by atoms with Crippen molar-refractivity contribution >= 4 is 9.52 Å². The van der Waals surface area contributed by atoms with Gasteiger partial charge in [0, 0.05) is 6.42 Å². The first-order chi connectivity index (χ1) is 6.26. The van der Waals surface area contributed by atoms with Crippen LogP contribution in [0.5, 0.6) is 0 Å². The van der Waals surface area contributed by atoms with Crippen LogP contribution in [-0.4, -0.2) is 14.7 Å². The van der Waals surface area contributed by atoms with Crippen molar-refractivity contribution in [3.05, 3.63) is 11.8 Å². The van der Waals surface area contributed by atoms with Crippen LogP contribution in [0.2, 0.25) is 6.55 Å². The normalized spacial score (nSPS) is 18.2. The van der Waals surface area contributed by atoms with Gasteiger partial charge in [-0.2, -0.15) is 0 Å². The van der Waals surface area contributed by atoms with Crippen LogP contribution in [0.25, 0.3) is 0 Å². The third-order valence-corrected chi connectivity index (χ3v) is 5.71. The number of ether oxygens (including phenoxy) is 1. The van der Waals surface area contributed by atoms with E-state index < -0.39 is 0 Å². The summed E-state index contributed by atoms with van der Waals surface area (Å²) >= 11 is 0. The Bertz CT molecular complexity index is 174. The molecular formula is C11H22OSi. The van der Waals surface area contributed by atoms with Gasteiger partial charge in [0.05, 0.1) is 20.5 Å². The Morgan fingerprint density at radius 2 is 2.15 bits per heavy atom. The monoisotopic (exact) mass is 198 g/mol. The summed E-state index contributed by atoms with van der Waals surface area (Å²) in [4.78, 5) is 0. The van der Waals surface area contributed by atoms with Gasteiger partial charge in [-0.15, -0.1) is 0 Å². The highest BCUT2D eigenvalue weighted by atomic mass is 28.2. The smallest absolute Gasteiger partial charge is 0.0923 e. The molecule has 0 bridgehead atoms. The van der Waals surface area contributed by atoms with Crippen molar-refractivity contribution in [1.29, 1.82) is 0 Å². The van der Waals surface area contributed by atoms with Crippen LogP contribution < -0.4 is 0 Å².